The first kappa shape index (κ1) is 16.1. The number of nitrogens with one attached hydrogen (secondary N) is 1. The maximum absolute atomic E-state index is 5.62. The van der Waals surface area contributed by atoms with E-state index >= 15 is 0 Å². The molecule has 4 nitrogen and oxygen atoms in total. The van der Waals surface area contributed by atoms with Crippen molar-refractivity contribution in [2.24, 2.45) is 0 Å². The number of hydrogen-bond donors (Lipinski definition) is 1. The van der Waals surface area contributed by atoms with Crippen LogP contribution < -0.4 is 5.32 Å². The zero-order valence-corrected chi connectivity index (χ0v) is 11.1. The van der Waals surface area contributed by atoms with E-state index in [4.69, 9.17) is 25.8 Å². The molecule has 98 valence electrons. The summed E-state index contributed by atoms with van der Waals surface area (Å²) >= 11 is 5.62. The molecule has 0 aromatic rings. The quantitative estimate of drug-likeness (QED) is 0.420. The fraction of sp³-hybridized carbons (Fsp3) is 1.00. The summed E-state index contributed by atoms with van der Waals surface area (Å²) in [4.78, 5) is 0. The number of alkyl halides is 1. The van der Waals surface area contributed by atoms with Gasteiger partial charge >= 0.3 is 0 Å². The largest absolute Gasteiger partial charge is 0.382 e. The number of rotatable bonds is 12. The molecule has 0 aromatic carbocycles. The van der Waals surface area contributed by atoms with E-state index in [1.54, 1.807) is 7.11 Å². The summed E-state index contributed by atoms with van der Waals surface area (Å²) in [5, 5.41) is 3.32. The van der Waals surface area contributed by atoms with Crippen molar-refractivity contribution >= 4 is 11.6 Å². The molecular weight excluding hydrogens is 230 g/mol. The molecule has 1 unspecified atom stereocenters. The zero-order valence-electron chi connectivity index (χ0n) is 10.3. The predicted molar refractivity (Wildman–Crippen MR) is 66.3 cm³/mol. The number of methoxy groups -OCH3 is 1. The van der Waals surface area contributed by atoms with Gasteiger partial charge in [-0.05, 0) is 13.3 Å². The van der Waals surface area contributed by atoms with Gasteiger partial charge in [0.15, 0.2) is 0 Å². The van der Waals surface area contributed by atoms with E-state index < -0.39 is 0 Å². The maximum atomic E-state index is 5.62. The van der Waals surface area contributed by atoms with E-state index in [9.17, 15) is 0 Å². The Bertz CT molecular complexity index is 138. The van der Waals surface area contributed by atoms with Gasteiger partial charge < -0.3 is 19.5 Å². The monoisotopic (exact) mass is 253 g/mol. The van der Waals surface area contributed by atoms with Crippen molar-refractivity contribution in [1.29, 1.82) is 0 Å². The lowest BCUT2D eigenvalue weighted by Crippen LogP contribution is -2.30. The standard InChI is InChI=1S/C11H24ClNO3/c1-11(3-4-12)13-5-6-15-9-10-16-8-7-14-2/h11,13H,3-10H2,1-2H3. The summed E-state index contributed by atoms with van der Waals surface area (Å²) in [7, 11) is 1.66. The average molecular weight is 254 g/mol. The maximum Gasteiger partial charge on any atom is 0.0701 e. The molecule has 1 N–H and O–H groups in total. The topological polar surface area (TPSA) is 39.7 Å². The second-order valence-corrected chi connectivity index (χ2v) is 3.93. The van der Waals surface area contributed by atoms with Crippen molar-refractivity contribution in [2.45, 2.75) is 19.4 Å². The van der Waals surface area contributed by atoms with Gasteiger partial charge in [-0.25, -0.2) is 0 Å². The Labute approximate surface area is 104 Å². The Balaban J connectivity index is 2.98. The van der Waals surface area contributed by atoms with Crippen LogP contribution in [0, 0.1) is 0 Å². The molecule has 0 aliphatic rings. The third kappa shape index (κ3) is 12.2. The molecule has 0 rings (SSSR count). The van der Waals surface area contributed by atoms with Crippen molar-refractivity contribution in [3.8, 4) is 0 Å². The first-order valence-corrected chi connectivity index (χ1v) is 6.28. The number of ether oxygens (including phenoxy) is 3. The van der Waals surface area contributed by atoms with Crippen molar-refractivity contribution < 1.29 is 14.2 Å². The van der Waals surface area contributed by atoms with Gasteiger partial charge in [-0.3, -0.25) is 0 Å². The summed E-state index contributed by atoms with van der Waals surface area (Å²) in [6, 6.07) is 0.457. The van der Waals surface area contributed by atoms with Gasteiger partial charge in [0.25, 0.3) is 0 Å². The van der Waals surface area contributed by atoms with Gasteiger partial charge in [-0.15, -0.1) is 11.6 Å². The molecular formula is C11H24ClNO3. The van der Waals surface area contributed by atoms with E-state index in [0.717, 1.165) is 13.0 Å². The van der Waals surface area contributed by atoms with Crippen LogP contribution in [0.4, 0.5) is 0 Å². The van der Waals surface area contributed by atoms with Crippen LogP contribution in [0.1, 0.15) is 13.3 Å². The molecule has 0 fully saturated rings. The van der Waals surface area contributed by atoms with Crippen LogP contribution in [0.2, 0.25) is 0 Å². The first-order chi connectivity index (χ1) is 7.81. The molecule has 0 aliphatic heterocycles. The summed E-state index contributed by atoms with van der Waals surface area (Å²) in [5.41, 5.74) is 0. The van der Waals surface area contributed by atoms with E-state index in [-0.39, 0.29) is 0 Å². The molecule has 0 bridgehead atoms. The molecule has 0 spiro atoms. The lowest BCUT2D eigenvalue weighted by molar-refractivity contribution is 0.0253. The smallest absolute Gasteiger partial charge is 0.0701 e. The van der Waals surface area contributed by atoms with Gasteiger partial charge in [0, 0.05) is 25.6 Å². The number of halogens is 1. The Hall–Kier alpha value is 0.130. The molecule has 0 radical (unpaired) electrons. The van der Waals surface area contributed by atoms with Crippen LogP contribution >= 0.6 is 11.6 Å². The second-order valence-electron chi connectivity index (χ2n) is 3.55. The van der Waals surface area contributed by atoms with Crippen molar-refractivity contribution in [3.63, 3.8) is 0 Å². The Kier molecular flexibility index (Phi) is 13.3. The molecule has 0 saturated carbocycles. The van der Waals surface area contributed by atoms with Gasteiger partial charge in [0.2, 0.25) is 0 Å². The van der Waals surface area contributed by atoms with Crippen molar-refractivity contribution in [3.05, 3.63) is 0 Å². The van der Waals surface area contributed by atoms with E-state index in [1.165, 1.54) is 0 Å². The Morgan fingerprint density at radius 3 is 2.31 bits per heavy atom. The fourth-order valence-electron chi connectivity index (χ4n) is 1.11. The summed E-state index contributed by atoms with van der Waals surface area (Å²) < 4.78 is 15.5. The third-order valence-corrected chi connectivity index (χ3v) is 2.30. The molecule has 0 amide bonds. The zero-order chi connectivity index (χ0) is 12.1. The van der Waals surface area contributed by atoms with Crippen LogP contribution in [-0.4, -0.2) is 58.6 Å². The molecule has 16 heavy (non-hydrogen) atoms. The van der Waals surface area contributed by atoms with Gasteiger partial charge in [-0.1, -0.05) is 0 Å². The van der Waals surface area contributed by atoms with Gasteiger partial charge in [0.05, 0.1) is 33.0 Å². The lowest BCUT2D eigenvalue weighted by atomic mass is 10.2. The molecule has 0 aromatic heterocycles. The normalized spacial score (nSPS) is 12.9. The molecule has 1 atom stereocenters. The Morgan fingerprint density at radius 1 is 1.06 bits per heavy atom. The molecule has 0 saturated heterocycles. The van der Waals surface area contributed by atoms with Gasteiger partial charge in [-0.2, -0.15) is 0 Å². The predicted octanol–water partition coefficient (Wildman–Crippen LogP) is 1.27. The minimum Gasteiger partial charge on any atom is -0.382 e. The lowest BCUT2D eigenvalue weighted by Gasteiger charge is -2.12. The molecule has 5 heteroatoms. The van der Waals surface area contributed by atoms with Crippen molar-refractivity contribution in [2.75, 3.05) is 52.6 Å². The summed E-state index contributed by atoms with van der Waals surface area (Å²) in [5.74, 6) is 0.697. The highest BCUT2D eigenvalue weighted by Crippen LogP contribution is 1.91. The highest BCUT2D eigenvalue weighted by Gasteiger charge is 1.98. The first-order valence-electron chi connectivity index (χ1n) is 5.75. The van der Waals surface area contributed by atoms with Crippen LogP contribution in [0.3, 0.4) is 0 Å². The fourth-order valence-corrected chi connectivity index (χ4v) is 1.43. The average Bonchev–Trinajstić information content (AvgIpc) is 2.27. The highest BCUT2D eigenvalue weighted by atomic mass is 35.5. The minimum absolute atomic E-state index is 0.457. The van der Waals surface area contributed by atoms with E-state index in [2.05, 4.69) is 12.2 Å². The molecule has 0 aliphatic carbocycles. The van der Waals surface area contributed by atoms with Crippen LogP contribution in [0.5, 0.6) is 0 Å². The van der Waals surface area contributed by atoms with Crippen LogP contribution in [-0.2, 0) is 14.2 Å². The molecule has 0 heterocycles. The SMILES string of the molecule is COCCOCCOCCNC(C)CCCl. The number of hydrogen-bond acceptors (Lipinski definition) is 4. The highest BCUT2D eigenvalue weighted by molar-refractivity contribution is 6.17. The Morgan fingerprint density at radius 2 is 1.69 bits per heavy atom. The minimum atomic E-state index is 0.457. The van der Waals surface area contributed by atoms with Crippen LogP contribution in [0.25, 0.3) is 0 Å². The van der Waals surface area contributed by atoms with E-state index in [1.807, 2.05) is 0 Å². The van der Waals surface area contributed by atoms with Crippen molar-refractivity contribution in [1.82, 2.24) is 5.32 Å². The van der Waals surface area contributed by atoms with Gasteiger partial charge in [0.1, 0.15) is 0 Å². The summed E-state index contributed by atoms with van der Waals surface area (Å²) in [6.45, 7) is 6.21. The third-order valence-electron chi connectivity index (χ3n) is 2.09. The van der Waals surface area contributed by atoms with E-state index in [0.29, 0.717) is 45.0 Å². The second kappa shape index (κ2) is 13.2. The summed E-state index contributed by atoms with van der Waals surface area (Å²) in [6.07, 6.45) is 0.988. The van der Waals surface area contributed by atoms with Crippen LogP contribution in [0.15, 0.2) is 0 Å².